The monoisotopic (exact) mass is 354 g/mol. The Morgan fingerprint density at radius 1 is 0.455 bits per heavy atom. The first-order valence-electron chi connectivity index (χ1n) is 0. The molecule has 0 bridgehead atoms. The molecule has 8 radical (unpaired) electrons. The fourth-order valence-electron chi connectivity index (χ4n) is 0. The van der Waals surface area contributed by atoms with Crippen LogP contribution >= 0.6 is 19.8 Å². The van der Waals surface area contributed by atoms with Crippen molar-refractivity contribution in [2.45, 2.75) is 0 Å². The minimum absolute atomic E-state index is 0. The molecule has 11 heteroatoms. The van der Waals surface area contributed by atoms with E-state index in [0.717, 1.165) is 0 Å². The summed E-state index contributed by atoms with van der Waals surface area (Å²) in [6, 6.07) is 0. The summed E-state index contributed by atoms with van der Waals surface area (Å²) in [5.74, 6) is 0. The molecule has 11 heavy (non-hydrogen) atoms. The van der Waals surface area contributed by atoms with E-state index in [9.17, 15) is 0 Å². The number of hydrogen-bond acceptors (Lipinski definition) is 0. The normalized spacial score (nSPS) is 0. The van der Waals surface area contributed by atoms with Gasteiger partial charge in [0.2, 0.25) is 0 Å². The zero-order chi connectivity index (χ0) is 0. The Morgan fingerprint density at radius 2 is 0.455 bits per heavy atom. The van der Waals surface area contributed by atoms with Gasteiger partial charge in [-0.2, -0.15) is 19.8 Å². The van der Waals surface area contributed by atoms with Crippen LogP contribution in [0, 0.1) is 0 Å². The van der Waals surface area contributed by atoms with Gasteiger partial charge in [-0.25, -0.2) is 0 Å². The second kappa shape index (κ2) is 173. The van der Waals surface area contributed by atoms with Gasteiger partial charge in [-0.3, -0.25) is 0 Å². The summed E-state index contributed by atoms with van der Waals surface area (Å²) in [7, 11) is 0. The third-order valence-corrected chi connectivity index (χ3v) is 0. The van der Waals surface area contributed by atoms with E-state index in [1.165, 1.54) is 0 Å². The van der Waals surface area contributed by atoms with Crippen molar-refractivity contribution in [1.29, 1.82) is 0 Å². The maximum absolute atomic E-state index is 0. The molecule has 0 heterocycles. The van der Waals surface area contributed by atoms with E-state index in [-0.39, 0.29) is 132 Å². The molecule has 2 atom stereocenters. The van der Waals surface area contributed by atoms with Crippen LogP contribution in [0.4, 0.5) is 0 Å². The molecule has 0 saturated heterocycles. The van der Waals surface area contributed by atoms with Gasteiger partial charge in [0, 0.05) is 60.9 Å². The predicted octanol–water partition coefficient (Wildman–Crippen LogP) is -1.77. The van der Waals surface area contributed by atoms with E-state index in [4.69, 9.17) is 0 Å². The van der Waals surface area contributed by atoms with Crippen LogP contribution in [0.5, 0.6) is 0 Å². The van der Waals surface area contributed by atoms with Gasteiger partial charge in [0.25, 0.3) is 0 Å². The first kappa shape index (κ1) is 217. The van der Waals surface area contributed by atoms with Crippen molar-refractivity contribution in [3.63, 3.8) is 0 Å². The third kappa shape index (κ3) is 146. The summed E-state index contributed by atoms with van der Waals surface area (Å²) in [4.78, 5) is 0. The number of hydrogen-bond donors (Lipinski definition) is 0. The summed E-state index contributed by atoms with van der Waals surface area (Å²) < 4.78 is 0. The van der Waals surface area contributed by atoms with Crippen LogP contribution in [0.2, 0.25) is 0 Å². The molecular formula is H6Al2O3P2Si2Zn2. The van der Waals surface area contributed by atoms with Crippen molar-refractivity contribution in [1.82, 2.24) is 0 Å². The minimum Gasteiger partial charge on any atom is -2.00 e. The summed E-state index contributed by atoms with van der Waals surface area (Å²) >= 11 is 0. The Balaban J connectivity index is 0. The molecule has 0 aliphatic heterocycles. The van der Waals surface area contributed by atoms with E-state index in [0.29, 0.717) is 0 Å². The van der Waals surface area contributed by atoms with Gasteiger partial charge < -0.3 is 16.4 Å². The molecule has 2 unspecified atom stereocenters. The largest absolute Gasteiger partial charge is 3.00 e. The van der Waals surface area contributed by atoms with Gasteiger partial charge in [0.1, 0.15) is 0 Å². The Morgan fingerprint density at radius 3 is 0.455 bits per heavy atom. The molecule has 0 aliphatic carbocycles. The van der Waals surface area contributed by atoms with E-state index in [1.807, 2.05) is 0 Å². The second-order valence-corrected chi connectivity index (χ2v) is 0. The third-order valence-electron chi connectivity index (χ3n) is 0. The van der Waals surface area contributed by atoms with Crippen molar-refractivity contribution in [3.8, 4) is 0 Å². The van der Waals surface area contributed by atoms with Crippen LogP contribution in [0.3, 0.4) is 0 Å². The Hall–Kier alpha value is 3.49. The molecule has 0 N–H and O–H groups in total. The fraction of sp³-hybridized carbons (Fsp3) is 0. The molecule has 0 amide bonds. The molecular weight excluding hydrogens is 351 g/mol. The summed E-state index contributed by atoms with van der Waals surface area (Å²) in [6.45, 7) is 0. The van der Waals surface area contributed by atoms with Crippen molar-refractivity contribution in [2.75, 3.05) is 0 Å². The molecule has 0 aliphatic rings. The molecule has 0 rings (SSSR count). The van der Waals surface area contributed by atoms with E-state index >= 15 is 0 Å². The molecule has 0 spiro atoms. The van der Waals surface area contributed by atoms with E-state index < -0.39 is 0 Å². The van der Waals surface area contributed by atoms with Crippen molar-refractivity contribution in [3.05, 3.63) is 0 Å². The van der Waals surface area contributed by atoms with Gasteiger partial charge in [0.05, 0.1) is 0 Å². The SMILES string of the molecule is P.P.[Al+3].[Al+3].[O-2].[O-2].[O-2].[Si].[Si].[Zn].[Zn]. The Bertz CT molecular complexity index is 25.3. The smallest absolute Gasteiger partial charge is 2.00 e. The average molecular weight is 357 g/mol. The van der Waals surface area contributed by atoms with Gasteiger partial charge in [-0.05, 0) is 0 Å². The maximum atomic E-state index is 0. The van der Waals surface area contributed by atoms with Crippen LogP contribution in [0.1, 0.15) is 0 Å². The standard InChI is InChI=1S/2Al.3O.2H3P.2Si.2Zn/h;;;;;2*1H3;;;;/q2*+3;3*-2;;;;;;. The van der Waals surface area contributed by atoms with Crippen LogP contribution in [-0.2, 0) is 55.4 Å². The van der Waals surface area contributed by atoms with Crippen molar-refractivity contribution < 1.29 is 55.4 Å². The Kier molecular flexibility index (Phi) is 3410. The van der Waals surface area contributed by atoms with Gasteiger partial charge >= 0.3 is 34.7 Å². The molecule has 3 nitrogen and oxygen atoms in total. The quantitative estimate of drug-likeness (QED) is 0.363. The molecule has 0 aromatic rings. The predicted molar refractivity (Wildman–Crippen MR) is 47.3 cm³/mol. The first-order valence-corrected chi connectivity index (χ1v) is 0. The topological polar surface area (TPSA) is 85.5 Å². The van der Waals surface area contributed by atoms with Crippen LogP contribution in [-0.4, -0.2) is 56.7 Å². The average Bonchev–Trinajstić information content (AvgIpc) is 0. The molecule has 0 aromatic heterocycles. The van der Waals surface area contributed by atoms with Crippen LogP contribution in [0.15, 0.2) is 0 Å². The van der Waals surface area contributed by atoms with Gasteiger partial charge in [-0.15, -0.1) is 0 Å². The first-order chi connectivity index (χ1) is 0. The fourth-order valence-corrected chi connectivity index (χ4v) is 0. The zero-order valence-corrected chi connectivity index (χ0v) is 19.3. The minimum atomic E-state index is 0. The molecule has 52 valence electrons. The zero-order valence-electron chi connectivity index (χ0n) is 6.21. The second-order valence-electron chi connectivity index (χ2n) is 0. The van der Waals surface area contributed by atoms with E-state index in [2.05, 4.69) is 0 Å². The number of rotatable bonds is 0. The molecule has 0 fully saturated rings. The van der Waals surface area contributed by atoms with Crippen molar-refractivity contribution in [2.24, 2.45) is 0 Å². The van der Waals surface area contributed by atoms with Crippen molar-refractivity contribution >= 4 is 76.5 Å². The van der Waals surface area contributed by atoms with Crippen LogP contribution in [0.25, 0.3) is 0 Å². The van der Waals surface area contributed by atoms with Gasteiger partial charge in [0.15, 0.2) is 0 Å². The summed E-state index contributed by atoms with van der Waals surface area (Å²) in [6.07, 6.45) is 0. The summed E-state index contributed by atoms with van der Waals surface area (Å²) in [5, 5.41) is 0. The molecule has 0 aromatic carbocycles. The van der Waals surface area contributed by atoms with Crippen LogP contribution < -0.4 is 0 Å². The summed E-state index contributed by atoms with van der Waals surface area (Å²) in [5.41, 5.74) is 0. The van der Waals surface area contributed by atoms with E-state index in [1.54, 1.807) is 0 Å². The van der Waals surface area contributed by atoms with Gasteiger partial charge in [-0.1, -0.05) is 0 Å². The molecule has 0 saturated carbocycles. The Labute approximate surface area is 130 Å². The maximum Gasteiger partial charge on any atom is 3.00 e.